The summed E-state index contributed by atoms with van der Waals surface area (Å²) >= 11 is 0. The number of carbonyl (C=O) groups is 1. The van der Waals surface area contributed by atoms with Crippen LogP contribution in [0, 0.1) is 0 Å². The van der Waals surface area contributed by atoms with Gasteiger partial charge in [0.05, 0.1) is 10.9 Å². The van der Waals surface area contributed by atoms with Crippen LogP contribution in [0.1, 0.15) is 17.0 Å². The number of H-pyrrole nitrogens is 1. The van der Waals surface area contributed by atoms with E-state index in [0.717, 1.165) is 0 Å². The van der Waals surface area contributed by atoms with Crippen molar-refractivity contribution in [3.63, 3.8) is 0 Å². The lowest BCUT2D eigenvalue weighted by molar-refractivity contribution is 0.0941. The molecule has 1 heterocycles. The SMILES string of the molecule is O=C(NCCCO)c1nc2ccccc2c(=O)[nH]1. The average Bonchev–Trinajstić information content (AvgIpc) is 2.39. The molecule has 94 valence electrons. The Morgan fingerprint density at radius 2 is 2.17 bits per heavy atom. The Bertz CT molecular complexity index is 621. The van der Waals surface area contributed by atoms with Crippen LogP contribution in [-0.4, -0.2) is 34.1 Å². The Kier molecular flexibility index (Phi) is 3.69. The average molecular weight is 247 g/mol. The fraction of sp³-hybridized carbons (Fsp3) is 0.250. The van der Waals surface area contributed by atoms with Crippen molar-refractivity contribution in [2.24, 2.45) is 0 Å². The van der Waals surface area contributed by atoms with E-state index in [0.29, 0.717) is 23.9 Å². The highest BCUT2D eigenvalue weighted by Crippen LogP contribution is 2.05. The molecule has 18 heavy (non-hydrogen) atoms. The highest BCUT2D eigenvalue weighted by Gasteiger charge is 2.10. The van der Waals surface area contributed by atoms with Crippen LogP contribution in [0.5, 0.6) is 0 Å². The van der Waals surface area contributed by atoms with Crippen LogP contribution in [0.3, 0.4) is 0 Å². The fourth-order valence-electron chi connectivity index (χ4n) is 1.56. The van der Waals surface area contributed by atoms with Gasteiger partial charge in [-0.2, -0.15) is 0 Å². The van der Waals surface area contributed by atoms with Gasteiger partial charge in [-0.25, -0.2) is 4.98 Å². The van der Waals surface area contributed by atoms with Crippen LogP contribution in [0.4, 0.5) is 0 Å². The summed E-state index contributed by atoms with van der Waals surface area (Å²) in [7, 11) is 0. The molecule has 0 saturated carbocycles. The number of nitrogens with zero attached hydrogens (tertiary/aromatic N) is 1. The Morgan fingerprint density at radius 1 is 1.39 bits per heavy atom. The molecule has 0 radical (unpaired) electrons. The maximum Gasteiger partial charge on any atom is 0.287 e. The number of nitrogens with one attached hydrogen (secondary N) is 2. The summed E-state index contributed by atoms with van der Waals surface area (Å²) in [6, 6.07) is 6.81. The first-order chi connectivity index (χ1) is 8.72. The van der Waals surface area contributed by atoms with Crippen molar-refractivity contribution in [2.45, 2.75) is 6.42 Å². The normalized spacial score (nSPS) is 10.5. The lowest BCUT2D eigenvalue weighted by atomic mass is 10.2. The van der Waals surface area contributed by atoms with Gasteiger partial charge in [0, 0.05) is 13.2 Å². The Morgan fingerprint density at radius 3 is 2.94 bits per heavy atom. The largest absolute Gasteiger partial charge is 0.396 e. The van der Waals surface area contributed by atoms with Gasteiger partial charge in [-0.15, -0.1) is 0 Å². The number of hydrogen-bond acceptors (Lipinski definition) is 4. The van der Waals surface area contributed by atoms with Gasteiger partial charge in [-0.05, 0) is 18.6 Å². The highest BCUT2D eigenvalue weighted by molar-refractivity contribution is 5.92. The van der Waals surface area contributed by atoms with E-state index in [1.54, 1.807) is 24.3 Å². The lowest BCUT2D eigenvalue weighted by Gasteiger charge is -2.04. The summed E-state index contributed by atoms with van der Waals surface area (Å²) < 4.78 is 0. The van der Waals surface area contributed by atoms with Crippen molar-refractivity contribution in [1.29, 1.82) is 0 Å². The van der Waals surface area contributed by atoms with E-state index >= 15 is 0 Å². The van der Waals surface area contributed by atoms with Crippen LogP contribution in [0.2, 0.25) is 0 Å². The zero-order valence-electron chi connectivity index (χ0n) is 9.64. The van der Waals surface area contributed by atoms with Gasteiger partial charge in [0.1, 0.15) is 0 Å². The summed E-state index contributed by atoms with van der Waals surface area (Å²) in [5.41, 5.74) is 0.140. The van der Waals surface area contributed by atoms with Crippen LogP contribution in [-0.2, 0) is 0 Å². The molecule has 0 bridgehead atoms. The van der Waals surface area contributed by atoms with Crippen LogP contribution in [0.25, 0.3) is 10.9 Å². The van der Waals surface area contributed by atoms with E-state index in [-0.39, 0.29) is 18.0 Å². The first-order valence-corrected chi connectivity index (χ1v) is 5.60. The number of aliphatic hydroxyl groups excluding tert-OH is 1. The smallest absolute Gasteiger partial charge is 0.287 e. The summed E-state index contributed by atoms with van der Waals surface area (Å²) in [5, 5.41) is 11.6. The summed E-state index contributed by atoms with van der Waals surface area (Å²) in [4.78, 5) is 29.9. The second-order valence-corrected chi connectivity index (χ2v) is 3.76. The number of aromatic amines is 1. The predicted molar refractivity (Wildman–Crippen MR) is 66.4 cm³/mol. The second kappa shape index (κ2) is 5.42. The van der Waals surface area contributed by atoms with Gasteiger partial charge in [0.15, 0.2) is 5.82 Å². The number of benzene rings is 1. The molecule has 2 aromatic rings. The summed E-state index contributed by atoms with van der Waals surface area (Å²) in [6.45, 7) is 0.341. The Balaban J connectivity index is 2.29. The van der Waals surface area contributed by atoms with Gasteiger partial charge in [-0.3, -0.25) is 9.59 Å². The number of rotatable bonds is 4. The summed E-state index contributed by atoms with van der Waals surface area (Å²) in [6.07, 6.45) is 0.462. The molecule has 0 fully saturated rings. The van der Waals surface area contributed by atoms with Crippen molar-refractivity contribution in [2.75, 3.05) is 13.2 Å². The molecule has 6 heteroatoms. The van der Waals surface area contributed by atoms with Crippen molar-refractivity contribution in [3.05, 3.63) is 40.4 Å². The molecule has 0 spiro atoms. The van der Waals surface area contributed by atoms with Crippen LogP contribution in [0.15, 0.2) is 29.1 Å². The van der Waals surface area contributed by atoms with E-state index in [9.17, 15) is 9.59 Å². The number of carbonyl (C=O) groups excluding carboxylic acids is 1. The topological polar surface area (TPSA) is 95.1 Å². The molecule has 0 atom stereocenters. The predicted octanol–water partition coefficient (Wildman–Crippen LogP) is 0.0353. The van der Waals surface area contributed by atoms with E-state index in [1.165, 1.54) is 0 Å². The van der Waals surface area contributed by atoms with Gasteiger partial charge in [0.25, 0.3) is 11.5 Å². The minimum Gasteiger partial charge on any atom is -0.396 e. The van der Waals surface area contributed by atoms with Crippen molar-refractivity contribution < 1.29 is 9.90 Å². The minimum atomic E-state index is -0.452. The van der Waals surface area contributed by atoms with E-state index < -0.39 is 5.91 Å². The lowest BCUT2D eigenvalue weighted by Crippen LogP contribution is -2.29. The van der Waals surface area contributed by atoms with Crippen LogP contribution >= 0.6 is 0 Å². The molecule has 0 aliphatic heterocycles. The second-order valence-electron chi connectivity index (χ2n) is 3.76. The van der Waals surface area contributed by atoms with Gasteiger partial charge in [-0.1, -0.05) is 12.1 Å². The number of hydrogen-bond donors (Lipinski definition) is 3. The number of aliphatic hydroxyl groups is 1. The first-order valence-electron chi connectivity index (χ1n) is 5.60. The van der Waals surface area contributed by atoms with Gasteiger partial charge in [0.2, 0.25) is 0 Å². The molecule has 1 aromatic heterocycles. The monoisotopic (exact) mass is 247 g/mol. The molecule has 1 amide bonds. The molecular formula is C12H13N3O3. The zero-order chi connectivity index (χ0) is 13.0. The van der Waals surface area contributed by atoms with E-state index in [4.69, 9.17) is 5.11 Å². The number of amides is 1. The Labute approximate surface area is 103 Å². The molecule has 0 aliphatic rings. The molecule has 0 aliphatic carbocycles. The number of aromatic nitrogens is 2. The van der Waals surface area contributed by atoms with E-state index in [1.807, 2.05) is 0 Å². The molecule has 0 saturated heterocycles. The molecule has 1 aromatic carbocycles. The van der Waals surface area contributed by atoms with E-state index in [2.05, 4.69) is 15.3 Å². The first kappa shape index (κ1) is 12.3. The van der Waals surface area contributed by atoms with Crippen molar-refractivity contribution in [1.82, 2.24) is 15.3 Å². The summed E-state index contributed by atoms with van der Waals surface area (Å²) in [5.74, 6) is -0.469. The highest BCUT2D eigenvalue weighted by atomic mass is 16.3. The number of fused-ring (bicyclic) bond motifs is 1. The third kappa shape index (κ3) is 2.54. The third-order valence-electron chi connectivity index (χ3n) is 2.45. The molecule has 6 nitrogen and oxygen atoms in total. The van der Waals surface area contributed by atoms with Crippen molar-refractivity contribution in [3.8, 4) is 0 Å². The van der Waals surface area contributed by atoms with Gasteiger partial charge >= 0.3 is 0 Å². The standard InChI is InChI=1S/C12H13N3O3/c16-7-3-6-13-12(18)10-14-9-5-2-1-4-8(9)11(17)15-10/h1-2,4-5,16H,3,6-7H2,(H,13,18)(H,14,15,17). The Hall–Kier alpha value is -2.21. The maximum absolute atomic E-state index is 11.7. The van der Waals surface area contributed by atoms with Crippen LogP contribution < -0.4 is 10.9 Å². The molecular weight excluding hydrogens is 234 g/mol. The number of para-hydroxylation sites is 1. The molecule has 0 unspecified atom stereocenters. The van der Waals surface area contributed by atoms with Gasteiger partial charge < -0.3 is 15.4 Å². The minimum absolute atomic E-state index is 0.00193. The third-order valence-corrected chi connectivity index (χ3v) is 2.45. The fourth-order valence-corrected chi connectivity index (χ4v) is 1.56. The zero-order valence-corrected chi connectivity index (χ0v) is 9.64. The molecule has 2 rings (SSSR count). The maximum atomic E-state index is 11.7. The van der Waals surface area contributed by atoms with Crippen molar-refractivity contribution >= 4 is 16.8 Å². The quantitative estimate of drug-likeness (QED) is 0.664. The molecule has 3 N–H and O–H groups in total.